The number of carbonyl (C=O) groups is 1. The van der Waals surface area contributed by atoms with E-state index in [0.717, 1.165) is 28.9 Å². The SMILES string of the molecule is O=C(NCCCc1nc2ccccc2s1)c1cn(Cc2ccccc2)nn1. The lowest BCUT2D eigenvalue weighted by Gasteiger charge is -2.01. The first kappa shape index (κ1) is 17.4. The summed E-state index contributed by atoms with van der Waals surface area (Å²) in [6.07, 6.45) is 3.36. The van der Waals surface area contributed by atoms with E-state index in [1.807, 2.05) is 48.5 Å². The minimum absolute atomic E-state index is 0.196. The molecule has 0 aliphatic heterocycles. The second kappa shape index (κ2) is 8.09. The van der Waals surface area contributed by atoms with Gasteiger partial charge in [-0.05, 0) is 24.1 Å². The molecule has 136 valence electrons. The van der Waals surface area contributed by atoms with Crippen molar-refractivity contribution in [2.45, 2.75) is 19.4 Å². The number of fused-ring (bicyclic) bond motifs is 1. The van der Waals surface area contributed by atoms with Gasteiger partial charge in [0.2, 0.25) is 0 Å². The van der Waals surface area contributed by atoms with Crippen molar-refractivity contribution in [1.29, 1.82) is 0 Å². The van der Waals surface area contributed by atoms with Gasteiger partial charge in [-0.1, -0.05) is 47.7 Å². The van der Waals surface area contributed by atoms with Gasteiger partial charge < -0.3 is 5.32 Å². The Labute approximate surface area is 160 Å². The molecule has 1 amide bonds. The van der Waals surface area contributed by atoms with Gasteiger partial charge in [0.15, 0.2) is 5.69 Å². The molecule has 2 heterocycles. The Bertz CT molecular complexity index is 1010. The number of nitrogens with one attached hydrogen (secondary N) is 1. The monoisotopic (exact) mass is 377 g/mol. The zero-order valence-corrected chi connectivity index (χ0v) is 15.5. The molecule has 0 spiro atoms. The van der Waals surface area contributed by atoms with Crippen LogP contribution in [0.25, 0.3) is 10.2 Å². The van der Waals surface area contributed by atoms with Crippen LogP contribution in [0, 0.1) is 0 Å². The number of thiazole rings is 1. The van der Waals surface area contributed by atoms with Gasteiger partial charge in [-0.15, -0.1) is 16.4 Å². The molecule has 4 aromatic rings. The molecule has 27 heavy (non-hydrogen) atoms. The average Bonchev–Trinajstić information content (AvgIpc) is 3.32. The van der Waals surface area contributed by atoms with Gasteiger partial charge in [0.25, 0.3) is 5.91 Å². The highest BCUT2D eigenvalue weighted by molar-refractivity contribution is 7.18. The van der Waals surface area contributed by atoms with Crippen LogP contribution in [0.2, 0.25) is 0 Å². The summed E-state index contributed by atoms with van der Waals surface area (Å²) in [5.41, 5.74) is 2.49. The van der Waals surface area contributed by atoms with E-state index in [1.165, 1.54) is 4.70 Å². The molecule has 4 rings (SSSR count). The molecular formula is C20H19N5OS. The first-order valence-electron chi connectivity index (χ1n) is 8.84. The fraction of sp³-hybridized carbons (Fsp3) is 0.200. The van der Waals surface area contributed by atoms with Crippen molar-refractivity contribution in [3.05, 3.63) is 77.1 Å². The van der Waals surface area contributed by atoms with E-state index < -0.39 is 0 Å². The lowest BCUT2D eigenvalue weighted by atomic mass is 10.2. The van der Waals surface area contributed by atoms with Crippen LogP contribution in [0.4, 0.5) is 0 Å². The van der Waals surface area contributed by atoms with Crippen LogP contribution in [0.3, 0.4) is 0 Å². The topological polar surface area (TPSA) is 72.7 Å². The molecule has 1 N–H and O–H groups in total. The number of carbonyl (C=O) groups excluding carboxylic acids is 1. The molecular weight excluding hydrogens is 358 g/mol. The van der Waals surface area contributed by atoms with E-state index in [1.54, 1.807) is 22.2 Å². The Morgan fingerprint density at radius 2 is 1.89 bits per heavy atom. The normalized spacial score (nSPS) is 11.0. The Kier molecular flexibility index (Phi) is 5.20. The number of amides is 1. The van der Waals surface area contributed by atoms with Crippen LogP contribution in [0.5, 0.6) is 0 Å². The minimum atomic E-state index is -0.196. The Balaban J connectivity index is 1.25. The van der Waals surface area contributed by atoms with E-state index in [4.69, 9.17) is 0 Å². The van der Waals surface area contributed by atoms with Gasteiger partial charge in [0.05, 0.1) is 28.0 Å². The van der Waals surface area contributed by atoms with Crippen molar-refractivity contribution in [3.63, 3.8) is 0 Å². The second-order valence-electron chi connectivity index (χ2n) is 6.22. The van der Waals surface area contributed by atoms with Crippen LogP contribution in [-0.4, -0.2) is 32.4 Å². The number of aromatic nitrogens is 4. The van der Waals surface area contributed by atoms with Crippen LogP contribution >= 0.6 is 11.3 Å². The lowest BCUT2D eigenvalue weighted by molar-refractivity contribution is 0.0948. The molecule has 2 aromatic carbocycles. The third-order valence-electron chi connectivity index (χ3n) is 4.15. The van der Waals surface area contributed by atoms with Gasteiger partial charge in [0.1, 0.15) is 0 Å². The van der Waals surface area contributed by atoms with E-state index in [9.17, 15) is 4.79 Å². The third kappa shape index (κ3) is 4.38. The third-order valence-corrected chi connectivity index (χ3v) is 5.25. The molecule has 0 saturated heterocycles. The standard InChI is InChI=1S/C20H19N5OS/c26-20(17-14-25(24-23-17)13-15-7-2-1-3-8-15)21-12-6-11-19-22-16-9-4-5-10-18(16)27-19/h1-5,7-10,14H,6,11-13H2,(H,21,26). The first-order chi connectivity index (χ1) is 13.3. The summed E-state index contributed by atoms with van der Waals surface area (Å²) in [6, 6.07) is 18.1. The highest BCUT2D eigenvalue weighted by Crippen LogP contribution is 2.22. The fourth-order valence-corrected chi connectivity index (χ4v) is 3.82. The van der Waals surface area contributed by atoms with Crippen molar-refractivity contribution in [3.8, 4) is 0 Å². The zero-order valence-electron chi connectivity index (χ0n) is 14.7. The molecule has 6 nitrogen and oxygen atoms in total. The molecule has 0 bridgehead atoms. The van der Waals surface area contributed by atoms with Gasteiger partial charge in [0, 0.05) is 13.0 Å². The Hall–Kier alpha value is -3.06. The van der Waals surface area contributed by atoms with Crippen LogP contribution < -0.4 is 5.32 Å². The summed E-state index contributed by atoms with van der Waals surface area (Å²) in [5, 5.41) is 12.0. The number of hydrogen-bond donors (Lipinski definition) is 1. The quantitative estimate of drug-likeness (QED) is 0.502. The molecule has 0 saturated carbocycles. The maximum Gasteiger partial charge on any atom is 0.273 e. The van der Waals surface area contributed by atoms with Gasteiger partial charge >= 0.3 is 0 Å². The van der Waals surface area contributed by atoms with Crippen molar-refractivity contribution in [1.82, 2.24) is 25.3 Å². The van der Waals surface area contributed by atoms with Crippen LogP contribution in [0.1, 0.15) is 27.5 Å². The molecule has 0 fully saturated rings. The number of para-hydroxylation sites is 1. The van der Waals surface area contributed by atoms with Crippen molar-refractivity contribution in [2.24, 2.45) is 0 Å². The van der Waals surface area contributed by atoms with Gasteiger partial charge in [-0.3, -0.25) is 4.79 Å². The van der Waals surface area contributed by atoms with Crippen molar-refractivity contribution < 1.29 is 4.79 Å². The maximum absolute atomic E-state index is 12.2. The summed E-state index contributed by atoms with van der Waals surface area (Å²) in [7, 11) is 0. The van der Waals surface area contributed by atoms with Crippen LogP contribution in [0.15, 0.2) is 60.8 Å². The molecule has 0 aliphatic carbocycles. The van der Waals surface area contributed by atoms with E-state index in [-0.39, 0.29) is 5.91 Å². The van der Waals surface area contributed by atoms with Gasteiger partial charge in [-0.25, -0.2) is 9.67 Å². The second-order valence-corrected chi connectivity index (χ2v) is 7.34. The van der Waals surface area contributed by atoms with Crippen molar-refractivity contribution >= 4 is 27.5 Å². The first-order valence-corrected chi connectivity index (χ1v) is 9.66. The maximum atomic E-state index is 12.2. The highest BCUT2D eigenvalue weighted by atomic mass is 32.1. The summed E-state index contributed by atoms with van der Waals surface area (Å²) >= 11 is 1.71. The largest absolute Gasteiger partial charge is 0.351 e. The molecule has 0 radical (unpaired) electrons. The van der Waals surface area contributed by atoms with Crippen molar-refractivity contribution in [2.75, 3.05) is 6.54 Å². The number of benzene rings is 2. The minimum Gasteiger partial charge on any atom is -0.351 e. The molecule has 0 unspecified atom stereocenters. The molecule has 2 aromatic heterocycles. The van der Waals surface area contributed by atoms with E-state index in [2.05, 4.69) is 26.7 Å². The number of nitrogens with zero attached hydrogens (tertiary/aromatic N) is 4. The Morgan fingerprint density at radius 3 is 2.74 bits per heavy atom. The summed E-state index contributed by atoms with van der Waals surface area (Å²) in [5.74, 6) is -0.196. The van der Waals surface area contributed by atoms with Gasteiger partial charge in [-0.2, -0.15) is 0 Å². The summed E-state index contributed by atoms with van der Waals surface area (Å²) < 4.78 is 2.87. The molecule has 0 aliphatic rings. The number of aryl methyl sites for hydroxylation is 1. The smallest absolute Gasteiger partial charge is 0.273 e. The predicted octanol–water partition coefficient (Wildman–Crippen LogP) is 3.30. The highest BCUT2D eigenvalue weighted by Gasteiger charge is 2.10. The predicted molar refractivity (Wildman–Crippen MR) is 106 cm³/mol. The fourth-order valence-electron chi connectivity index (χ4n) is 2.81. The van der Waals surface area contributed by atoms with Crippen LogP contribution in [-0.2, 0) is 13.0 Å². The summed E-state index contributed by atoms with van der Waals surface area (Å²) in [6.45, 7) is 1.18. The number of hydrogen-bond acceptors (Lipinski definition) is 5. The Morgan fingerprint density at radius 1 is 1.07 bits per heavy atom. The molecule has 7 heteroatoms. The average molecular weight is 377 g/mol. The summed E-state index contributed by atoms with van der Waals surface area (Å²) in [4.78, 5) is 16.8. The zero-order chi connectivity index (χ0) is 18.5. The van der Waals surface area contributed by atoms with E-state index >= 15 is 0 Å². The lowest BCUT2D eigenvalue weighted by Crippen LogP contribution is -2.25. The number of rotatable bonds is 7. The molecule has 0 atom stereocenters. The van der Waals surface area contributed by atoms with E-state index in [0.29, 0.717) is 18.8 Å².